The van der Waals surface area contributed by atoms with Crippen molar-refractivity contribution in [2.45, 2.75) is 13.8 Å². The van der Waals surface area contributed by atoms with Crippen molar-refractivity contribution in [3.63, 3.8) is 0 Å². The summed E-state index contributed by atoms with van der Waals surface area (Å²) in [6.07, 6.45) is 5.09. The first kappa shape index (κ1) is 14.3. The summed E-state index contributed by atoms with van der Waals surface area (Å²) < 4.78 is 0. The van der Waals surface area contributed by atoms with E-state index >= 15 is 0 Å². The molecule has 0 aromatic heterocycles. The maximum Gasteiger partial charge on any atom is 0.323 e. The summed E-state index contributed by atoms with van der Waals surface area (Å²) in [5.41, 5.74) is 0. The van der Waals surface area contributed by atoms with Gasteiger partial charge in [-0.2, -0.15) is 0 Å². The number of hydrogen-bond donors (Lipinski definition) is 1. The predicted molar refractivity (Wildman–Crippen MR) is 60.9 cm³/mol. The molecular formula is C11H18N2O3. The largest absolute Gasteiger partial charge is 0.480 e. The molecular weight excluding hydrogens is 208 g/mol. The Morgan fingerprint density at radius 1 is 1.44 bits per heavy atom. The van der Waals surface area contributed by atoms with Crippen LogP contribution in [0.5, 0.6) is 0 Å². The minimum Gasteiger partial charge on any atom is -0.480 e. The summed E-state index contributed by atoms with van der Waals surface area (Å²) in [5.74, 6) is 1.53. The SMILES string of the molecule is C#CCN(C)C(=O)N(CC(=O)O)CC(C)C. The summed E-state index contributed by atoms with van der Waals surface area (Å²) in [5, 5.41) is 8.70. The van der Waals surface area contributed by atoms with E-state index in [1.165, 1.54) is 9.80 Å². The molecule has 5 nitrogen and oxygen atoms in total. The van der Waals surface area contributed by atoms with Crippen molar-refractivity contribution in [1.29, 1.82) is 0 Å². The number of carboxylic acid groups (broad SMARTS) is 1. The molecule has 0 aromatic rings. The van der Waals surface area contributed by atoms with Crippen LogP contribution >= 0.6 is 0 Å². The monoisotopic (exact) mass is 226 g/mol. The Hall–Kier alpha value is -1.70. The van der Waals surface area contributed by atoms with Gasteiger partial charge in [-0.05, 0) is 5.92 Å². The number of carbonyl (C=O) groups is 2. The van der Waals surface area contributed by atoms with E-state index in [1.807, 2.05) is 13.8 Å². The van der Waals surface area contributed by atoms with Gasteiger partial charge in [0.15, 0.2) is 0 Å². The third-order valence-electron chi connectivity index (χ3n) is 1.84. The molecule has 0 bridgehead atoms. The second-order valence-electron chi connectivity index (χ2n) is 4.01. The zero-order chi connectivity index (χ0) is 12.7. The average molecular weight is 226 g/mol. The molecule has 90 valence electrons. The molecule has 0 fully saturated rings. The molecule has 0 aromatic carbocycles. The third-order valence-corrected chi connectivity index (χ3v) is 1.84. The third kappa shape index (κ3) is 5.25. The highest BCUT2D eigenvalue weighted by molar-refractivity contribution is 5.80. The first-order chi connectivity index (χ1) is 7.38. The van der Waals surface area contributed by atoms with E-state index in [4.69, 9.17) is 11.5 Å². The van der Waals surface area contributed by atoms with E-state index in [2.05, 4.69) is 5.92 Å². The molecule has 2 amide bonds. The first-order valence-electron chi connectivity index (χ1n) is 5.03. The van der Waals surface area contributed by atoms with Gasteiger partial charge in [0.1, 0.15) is 6.54 Å². The summed E-state index contributed by atoms with van der Waals surface area (Å²) in [6.45, 7) is 4.12. The molecule has 0 radical (unpaired) electrons. The molecule has 0 aliphatic rings. The molecule has 1 N–H and O–H groups in total. The molecule has 16 heavy (non-hydrogen) atoms. The molecule has 0 saturated carbocycles. The summed E-state index contributed by atoms with van der Waals surface area (Å²) >= 11 is 0. The van der Waals surface area contributed by atoms with Crippen molar-refractivity contribution in [3.8, 4) is 12.3 Å². The van der Waals surface area contributed by atoms with Gasteiger partial charge in [0, 0.05) is 13.6 Å². The lowest BCUT2D eigenvalue weighted by molar-refractivity contribution is -0.137. The smallest absolute Gasteiger partial charge is 0.323 e. The van der Waals surface area contributed by atoms with Crippen LogP contribution in [0, 0.1) is 18.3 Å². The number of carboxylic acids is 1. The summed E-state index contributed by atoms with van der Waals surface area (Å²) in [7, 11) is 1.55. The molecule has 0 spiro atoms. The van der Waals surface area contributed by atoms with Gasteiger partial charge in [0.05, 0.1) is 6.54 Å². The van der Waals surface area contributed by atoms with E-state index in [1.54, 1.807) is 7.05 Å². The van der Waals surface area contributed by atoms with Crippen LogP contribution in [0.2, 0.25) is 0 Å². The van der Waals surface area contributed by atoms with E-state index in [0.29, 0.717) is 6.54 Å². The molecule has 0 saturated heterocycles. The van der Waals surface area contributed by atoms with Gasteiger partial charge < -0.3 is 14.9 Å². The van der Waals surface area contributed by atoms with Crippen LogP contribution in [0.15, 0.2) is 0 Å². The highest BCUT2D eigenvalue weighted by Gasteiger charge is 2.20. The average Bonchev–Trinajstić information content (AvgIpc) is 2.14. The Bertz CT molecular complexity index is 294. The van der Waals surface area contributed by atoms with Crippen LogP contribution in [0.25, 0.3) is 0 Å². The fourth-order valence-electron chi connectivity index (χ4n) is 1.26. The van der Waals surface area contributed by atoms with Gasteiger partial charge in [0.2, 0.25) is 0 Å². The van der Waals surface area contributed by atoms with E-state index < -0.39 is 5.97 Å². The van der Waals surface area contributed by atoms with Crippen molar-refractivity contribution in [3.05, 3.63) is 0 Å². The molecule has 0 heterocycles. The van der Waals surface area contributed by atoms with Gasteiger partial charge in [-0.1, -0.05) is 19.8 Å². The van der Waals surface area contributed by atoms with Gasteiger partial charge in [-0.3, -0.25) is 4.79 Å². The lowest BCUT2D eigenvalue weighted by Crippen LogP contribution is -2.45. The Balaban J connectivity index is 4.55. The highest BCUT2D eigenvalue weighted by atomic mass is 16.4. The zero-order valence-corrected chi connectivity index (χ0v) is 9.93. The number of hydrogen-bond acceptors (Lipinski definition) is 2. The number of rotatable bonds is 5. The number of carbonyl (C=O) groups excluding carboxylic acids is 1. The Kier molecular flexibility index (Phi) is 6.01. The van der Waals surface area contributed by atoms with Crippen molar-refractivity contribution >= 4 is 12.0 Å². The number of urea groups is 1. The van der Waals surface area contributed by atoms with Crippen LogP contribution in [0.4, 0.5) is 4.79 Å². The van der Waals surface area contributed by atoms with E-state index in [-0.39, 0.29) is 25.0 Å². The second kappa shape index (κ2) is 6.72. The van der Waals surface area contributed by atoms with Crippen molar-refractivity contribution in [2.24, 2.45) is 5.92 Å². The summed E-state index contributed by atoms with van der Waals surface area (Å²) in [6, 6.07) is -0.353. The van der Waals surface area contributed by atoms with Crippen LogP contribution in [0.3, 0.4) is 0 Å². The molecule has 0 unspecified atom stereocenters. The van der Waals surface area contributed by atoms with Crippen LogP contribution < -0.4 is 0 Å². The molecule has 0 aliphatic heterocycles. The highest BCUT2D eigenvalue weighted by Crippen LogP contribution is 2.02. The maximum absolute atomic E-state index is 11.8. The minimum absolute atomic E-state index is 0.174. The number of nitrogens with zero attached hydrogens (tertiary/aromatic N) is 2. The zero-order valence-electron chi connectivity index (χ0n) is 9.93. The van der Waals surface area contributed by atoms with Crippen molar-refractivity contribution in [2.75, 3.05) is 26.7 Å². The first-order valence-corrected chi connectivity index (χ1v) is 5.03. The fourth-order valence-corrected chi connectivity index (χ4v) is 1.26. The molecule has 0 atom stereocenters. The molecule has 0 rings (SSSR count). The van der Waals surface area contributed by atoms with Crippen LogP contribution in [-0.2, 0) is 4.79 Å². The second-order valence-corrected chi connectivity index (χ2v) is 4.01. The normalized spacial score (nSPS) is 9.69. The van der Waals surface area contributed by atoms with Crippen molar-refractivity contribution < 1.29 is 14.7 Å². The Morgan fingerprint density at radius 2 is 2.00 bits per heavy atom. The van der Waals surface area contributed by atoms with Crippen molar-refractivity contribution in [1.82, 2.24) is 9.80 Å². The van der Waals surface area contributed by atoms with E-state index in [9.17, 15) is 9.59 Å². The number of amides is 2. The minimum atomic E-state index is -1.02. The van der Waals surface area contributed by atoms with Gasteiger partial charge in [-0.25, -0.2) is 4.79 Å². The number of terminal acetylenes is 1. The number of aliphatic carboxylic acids is 1. The van der Waals surface area contributed by atoms with Crippen LogP contribution in [-0.4, -0.2) is 53.6 Å². The van der Waals surface area contributed by atoms with E-state index in [0.717, 1.165) is 0 Å². The summed E-state index contributed by atoms with van der Waals surface area (Å²) in [4.78, 5) is 25.0. The standard InChI is InChI=1S/C11H18N2O3/c1-5-6-12(4)11(16)13(7-9(2)3)8-10(14)15/h1,9H,6-8H2,2-4H3,(H,14,15). The predicted octanol–water partition coefficient (Wildman–Crippen LogP) is 0.714. The molecule has 0 aliphatic carbocycles. The lowest BCUT2D eigenvalue weighted by Gasteiger charge is -2.27. The Labute approximate surface area is 96.0 Å². The molecule has 5 heteroatoms. The van der Waals surface area contributed by atoms with Crippen LogP contribution in [0.1, 0.15) is 13.8 Å². The van der Waals surface area contributed by atoms with Gasteiger partial charge in [0.25, 0.3) is 0 Å². The Morgan fingerprint density at radius 3 is 2.38 bits per heavy atom. The fraction of sp³-hybridized carbons (Fsp3) is 0.636. The van der Waals surface area contributed by atoms with Gasteiger partial charge in [-0.15, -0.1) is 6.42 Å². The quantitative estimate of drug-likeness (QED) is 0.702. The lowest BCUT2D eigenvalue weighted by atomic mass is 10.2. The topological polar surface area (TPSA) is 60.9 Å². The van der Waals surface area contributed by atoms with Gasteiger partial charge >= 0.3 is 12.0 Å². The maximum atomic E-state index is 11.8.